The Balaban J connectivity index is 2.74. The van der Waals surface area contributed by atoms with E-state index in [-0.39, 0.29) is 12.6 Å². The molecule has 0 saturated carbocycles. The minimum absolute atomic E-state index is 0.0107. The van der Waals surface area contributed by atoms with Crippen LogP contribution in [-0.2, 0) is 0 Å². The van der Waals surface area contributed by atoms with Crippen molar-refractivity contribution in [2.45, 2.75) is 33.2 Å². The number of aliphatic hydroxyl groups excluding tert-OH is 1. The summed E-state index contributed by atoms with van der Waals surface area (Å²) in [5, 5.41) is 12.4. The lowest BCUT2D eigenvalue weighted by Crippen LogP contribution is -2.26. The van der Waals surface area contributed by atoms with Gasteiger partial charge in [0.15, 0.2) is 0 Å². The van der Waals surface area contributed by atoms with E-state index in [1.807, 2.05) is 13.0 Å². The van der Waals surface area contributed by atoms with E-state index in [1.54, 1.807) is 6.20 Å². The molecular formula is C12H21N3O. The maximum absolute atomic E-state index is 9.27. The van der Waals surface area contributed by atoms with Crippen LogP contribution >= 0.6 is 0 Å². The van der Waals surface area contributed by atoms with Crippen molar-refractivity contribution in [1.82, 2.24) is 4.98 Å². The van der Waals surface area contributed by atoms with Crippen molar-refractivity contribution < 1.29 is 5.11 Å². The third kappa shape index (κ3) is 3.38. The predicted octanol–water partition coefficient (Wildman–Crippen LogP) is 1.79. The Hall–Kier alpha value is -1.29. The number of hydrogen-bond donors (Lipinski definition) is 3. The molecule has 0 spiro atoms. The van der Waals surface area contributed by atoms with E-state index in [9.17, 15) is 5.11 Å². The highest BCUT2D eigenvalue weighted by atomic mass is 16.3. The molecule has 4 nitrogen and oxygen atoms in total. The first-order valence-corrected chi connectivity index (χ1v) is 5.63. The molecule has 4 heteroatoms. The van der Waals surface area contributed by atoms with Crippen LogP contribution in [0.1, 0.15) is 25.8 Å². The molecule has 0 amide bonds. The zero-order valence-electron chi connectivity index (χ0n) is 10.2. The molecule has 0 aromatic carbocycles. The maximum Gasteiger partial charge on any atom is 0.149 e. The molecule has 90 valence electrons. The maximum atomic E-state index is 9.27. The molecule has 0 aliphatic heterocycles. The van der Waals surface area contributed by atoms with Gasteiger partial charge in [0, 0.05) is 6.20 Å². The van der Waals surface area contributed by atoms with E-state index in [0.29, 0.717) is 17.4 Å². The van der Waals surface area contributed by atoms with E-state index in [4.69, 9.17) is 5.73 Å². The molecule has 0 aliphatic carbocycles. The fourth-order valence-corrected chi connectivity index (χ4v) is 1.63. The van der Waals surface area contributed by atoms with Crippen LogP contribution < -0.4 is 11.1 Å². The van der Waals surface area contributed by atoms with Gasteiger partial charge >= 0.3 is 0 Å². The lowest BCUT2D eigenvalue weighted by atomic mass is 10.0. The van der Waals surface area contributed by atoms with Crippen molar-refractivity contribution in [3.63, 3.8) is 0 Å². The third-order valence-corrected chi connectivity index (χ3v) is 2.53. The molecule has 1 unspecified atom stereocenters. The number of hydrogen-bond acceptors (Lipinski definition) is 4. The first kappa shape index (κ1) is 12.8. The third-order valence-electron chi connectivity index (χ3n) is 2.53. The Morgan fingerprint density at radius 3 is 2.75 bits per heavy atom. The number of anilines is 2. The molecule has 0 aliphatic rings. The summed E-state index contributed by atoms with van der Waals surface area (Å²) < 4.78 is 0. The number of aromatic nitrogens is 1. The van der Waals surface area contributed by atoms with Gasteiger partial charge in [-0.15, -0.1) is 0 Å². The number of nitrogens with two attached hydrogens (primary N) is 1. The monoisotopic (exact) mass is 223 g/mol. The summed E-state index contributed by atoms with van der Waals surface area (Å²) in [6.45, 7) is 6.28. The average molecular weight is 223 g/mol. The van der Waals surface area contributed by atoms with Crippen LogP contribution in [0.4, 0.5) is 11.5 Å². The minimum atomic E-state index is 0.0107. The second-order valence-electron chi connectivity index (χ2n) is 4.54. The molecule has 0 radical (unpaired) electrons. The summed E-state index contributed by atoms with van der Waals surface area (Å²) in [6, 6.07) is 1.88. The normalized spacial score (nSPS) is 12.8. The Labute approximate surface area is 96.9 Å². The molecule has 0 saturated heterocycles. The molecule has 1 aromatic heterocycles. The second kappa shape index (κ2) is 5.70. The van der Waals surface area contributed by atoms with Crippen LogP contribution in [0.15, 0.2) is 12.3 Å². The smallest absolute Gasteiger partial charge is 0.149 e. The number of nitrogen functional groups attached to an aromatic ring is 1. The van der Waals surface area contributed by atoms with Crippen LogP contribution in [-0.4, -0.2) is 22.7 Å². The molecule has 1 heterocycles. The van der Waals surface area contributed by atoms with Crippen LogP contribution in [0.2, 0.25) is 0 Å². The average Bonchev–Trinajstić information content (AvgIpc) is 2.23. The quantitative estimate of drug-likeness (QED) is 0.711. The Morgan fingerprint density at radius 2 is 2.19 bits per heavy atom. The lowest BCUT2D eigenvalue weighted by Gasteiger charge is -2.20. The van der Waals surface area contributed by atoms with Gasteiger partial charge in [-0.1, -0.05) is 13.8 Å². The van der Waals surface area contributed by atoms with Crippen LogP contribution in [0.25, 0.3) is 0 Å². The molecule has 0 fully saturated rings. The van der Waals surface area contributed by atoms with Crippen LogP contribution in [0, 0.1) is 12.8 Å². The van der Waals surface area contributed by atoms with Gasteiger partial charge < -0.3 is 16.2 Å². The van der Waals surface area contributed by atoms with Crippen LogP contribution in [0.3, 0.4) is 0 Å². The topological polar surface area (TPSA) is 71.2 Å². The fourth-order valence-electron chi connectivity index (χ4n) is 1.63. The van der Waals surface area contributed by atoms with E-state index in [2.05, 4.69) is 24.1 Å². The van der Waals surface area contributed by atoms with E-state index >= 15 is 0 Å². The Morgan fingerprint density at radius 1 is 1.50 bits per heavy atom. The number of nitrogens with one attached hydrogen (secondary N) is 1. The molecule has 16 heavy (non-hydrogen) atoms. The van der Waals surface area contributed by atoms with Crippen LogP contribution in [0.5, 0.6) is 0 Å². The Kier molecular flexibility index (Phi) is 4.55. The first-order chi connectivity index (χ1) is 7.54. The summed E-state index contributed by atoms with van der Waals surface area (Å²) in [7, 11) is 0. The highest BCUT2D eigenvalue weighted by molar-refractivity contribution is 5.65. The van der Waals surface area contributed by atoms with Crippen molar-refractivity contribution in [3.05, 3.63) is 17.8 Å². The lowest BCUT2D eigenvalue weighted by molar-refractivity contribution is 0.259. The number of pyridine rings is 1. The zero-order valence-corrected chi connectivity index (χ0v) is 10.2. The van der Waals surface area contributed by atoms with Crippen molar-refractivity contribution >= 4 is 11.5 Å². The molecule has 4 N–H and O–H groups in total. The van der Waals surface area contributed by atoms with Gasteiger partial charge in [-0.3, -0.25) is 0 Å². The largest absolute Gasteiger partial charge is 0.396 e. The molecule has 1 aromatic rings. The fraction of sp³-hybridized carbons (Fsp3) is 0.583. The van der Waals surface area contributed by atoms with Crippen molar-refractivity contribution in [1.29, 1.82) is 0 Å². The van der Waals surface area contributed by atoms with Gasteiger partial charge in [0.25, 0.3) is 0 Å². The molecular weight excluding hydrogens is 202 g/mol. The van der Waals surface area contributed by atoms with E-state index in [1.165, 1.54) is 0 Å². The van der Waals surface area contributed by atoms with E-state index < -0.39 is 0 Å². The van der Waals surface area contributed by atoms with Gasteiger partial charge in [0.1, 0.15) is 5.82 Å². The summed E-state index contributed by atoms with van der Waals surface area (Å²) in [4.78, 5) is 4.19. The number of aliphatic hydroxyl groups is 1. The first-order valence-electron chi connectivity index (χ1n) is 5.63. The summed E-state index contributed by atoms with van der Waals surface area (Å²) in [6.07, 6.45) is 2.61. The van der Waals surface area contributed by atoms with Gasteiger partial charge in [-0.05, 0) is 30.9 Å². The van der Waals surface area contributed by atoms with Gasteiger partial charge in [-0.25, -0.2) is 4.98 Å². The summed E-state index contributed by atoms with van der Waals surface area (Å²) in [5.74, 6) is 1.19. The molecule has 1 rings (SSSR count). The van der Waals surface area contributed by atoms with Crippen molar-refractivity contribution in [3.8, 4) is 0 Å². The molecule has 0 bridgehead atoms. The molecule has 1 atom stereocenters. The highest BCUT2D eigenvalue weighted by Crippen LogP contribution is 2.20. The predicted molar refractivity (Wildman–Crippen MR) is 67.3 cm³/mol. The zero-order chi connectivity index (χ0) is 12.1. The van der Waals surface area contributed by atoms with Gasteiger partial charge in [0.2, 0.25) is 0 Å². The van der Waals surface area contributed by atoms with Crippen molar-refractivity contribution in [2.75, 3.05) is 17.7 Å². The van der Waals surface area contributed by atoms with Gasteiger partial charge in [0.05, 0.1) is 18.3 Å². The Bertz CT molecular complexity index is 339. The second-order valence-corrected chi connectivity index (χ2v) is 4.54. The number of aryl methyl sites for hydroxylation is 1. The van der Waals surface area contributed by atoms with Crippen molar-refractivity contribution in [2.24, 2.45) is 5.92 Å². The standard InChI is InChI=1S/C12H21N3O/c1-8(2)6-10(7-16)15-12-11(13)9(3)4-5-14-12/h4-5,8,10,16H,6-7,13H2,1-3H3,(H,14,15). The SMILES string of the molecule is Cc1ccnc(NC(CO)CC(C)C)c1N. The highest BCUT2D eigenvalue weighted by Gasteiger charge is 2.12. The summed E-state index contributed by atoms with van der Waals surface area (Å²) in [5.41, 5.74) is 7.57. The summed E-state index contributed by atoms with van der Waals surface area (Å²) >= 11 is 0. The minimum Gasteiger partial charge on any atom is -0.396 e. The number of rotatable bonds is 5. The number of nitrogens with zero attached hydrogens (tertiary/aromatic N) is 1. The van der Waals surface area contributed by atoms with Gasteiger partial charge in [-0.2, -0.15) is 0 Å². The van der Waals surface area contributed by atoms with E-state index in [0.717, 1.165) is 12.0 Å².